The summed E-state index contributed by atoms with van der Waals surface area (Å²) in [4.78, 5) is 22.7. The highest BCUT2D eigenvalue weighted by Crippen LogP contribution is 2.36. The van der Waals surface area contributed by atoms with Gasteiger partial charge in [-0.1, -0.05) is 0 Å². The molecule has 0 bridgehead atoms. The number of ketones is 2. The van der Waals surface area contributed by atoms with Crippen molar-refractivity contribution in [3.05, 3.63) is 46.5 Å². The number of aryl methyl sites for hydroxylation is 2. The molecule has 8 heteroatoms. The molecule has 0 aromatic heterocycles. The highest BCUT2D eigenvalue weighted by atomic mass is 19.3. The molecule has 0 amide bonds. The van der Waals surface area contributed by atoms with Crippen LogP contribution in [0.5, 0.6) is 23.0 Å². The molecule has 0 saturated heterocycles. The van der Waals surface area contributed by atoms with Crippen LogP contribution in [0.15, 0.2) is 24.3 Å². The van der Waals surface area contributed by atoms with Crippen molar-refractivity contribution in [1.29, 1.82) is 0 Å². The summed E-state index contributed by atoms with van der Waals surface area (Å²) in [5.74, 6) is 0.760. The van der Waals surface area contributed by atoms with Crippen molar-refractivity contribution < 1.29 is 37.7 Å². The second kappa shape index (κ2) is 8.46. The summed E-state index contributed by atoms with van der Waals surface area (Å²) in [6.07, 6.45) is 2.25. The van der Waals surface area contributed by atoms with Crippen LogP contribution in [0.3, 0.4) is 0 Å². The van der Waals surface area contributed by atoms with Gasteiger partial charge >= 0.3 is 6.61 Å². The standard InChI is InChI=1S/C11H10F2O3.C10H10O3/c1-15-9-5-7-6(2-3-8(7)14)4-10(9)16-11(12)13;1-13-10-5-7-6(4-9(10)12)2-3-8(7)11/h4-5,11H,2-3H2,1H3;4-5,12H,2-3H2,1H3. The number of hydrogen-bond donors (Lipinski definition) is 1. The largest absolute Gasteiger partial charge is 0.504 e. The number of aromatic hydroxyl groups is 1. The van der Waals surface area contributed by atoms with Gasteiger partial charge < -0.3 is 19.3 Å². The molecule has 0 unspecified atom stereocenters. The molecule has 1 N–H and O–H groups in total. The van der Waals surface area contributed by atoms with E-state index < -0.39 is 6.61 Å². The molecule has 0 saturated carbocycles. The van der Waals surface area contributed by atoms with Crippen LogP contribution >= 0.6 is 0 Å². The maximum atomic E-state index is 12.1. The summed E-state index contributed by atoms with van der Waals surface area (Å²) in [6, 6.07) is 6.13. The summed E-state index contributed by atoms with van der Waals surface area (Å²) in [5.41, 5.74) is 2.89. The molecule has 2 aromatic rings. The Labute approximate surface area is 166 Å². The Balaban J connectivity index is 0.000000169. The number of fused-ring (bicyclic) bond motifs is 2. The topological polar surface area (TPSA) is 82.1 Å². The zero-order chi connectivity index (χ0) is 21.1. The average Bonchev–Trinajstić information content (AvgIpc) is 3.23. The number of phenols is 1. The Morgan fingerprint density at radius 3 is 1.83 bits per heavy atom. The molecule has 4 rings (SSSR count). The van der Waals surface area contributed by atoms with Gasteiger partial charge in [0.1, 0.15) is 0 Å². The van der Waals surface area contributed by atoms with Gasteiger partial charge in [-0.05, 0) is 48.2 Å². The molecule has 2 aliphatic rings. The smallest absolute Gasteiger partial charge is 0.387 e. The number of carbonyl (C=O) groups excluding carboxylic acids is 2. The Bertz CT molecular complexity index is 955. The third-order valence-electron chi connectivity index (χ3n) is 4.85. The lowest BCUT2D eigenvalue weighted by molar-refractivity contribution is -0.0512. The summed E-state index contributed by atoms with van der Waals surface area (Å²) in [7, 11) is 2.82. The number of benzene rings is 2. The van der Waals surface area contributed by atoms with Gasteiger partial charge in [-0.2, -0.15) is 8.78 Å². The third kappa shape index (κ3) is 4.31. The number of methoxy groups -OCH3 is 2. The summed E-state index contributed by atoms with van der Waals surface area (Å²) < 4.78 is 38.4. The van der Waals surface area contributed by atoms with Crippen LogP contribution in [0.2, 0.25) is 0 Å². The quantitative estimate of drug-likeness (QED) is 0.828. The number of Topliss-reactive ketones (excluding diaryl/α,β-unsaturated/α-hetero) is 2. The van der Waals surface area contributed by atoms with E-state index in [1.807, 2.05) is 0 Å². The average molecular weight is 406 g/mol. The molecule has 29 heavy (non-hydrogen) atoms. The molecule has 0 heterocycles. The molecule has 0 aliphatic heterocycles. The molecule has 6 nitrogen and oxygen atoms in total. The van der Waals surface area contributed by atoms with Crippen molar-refractivity contribution >= 4 is 11.6 Å². The first-order valence-corrected chi connectivity index (χ1v) is 8.96. The van der Waals surface area contributed by atoms with Crippen molar-refractivity contribution in [2.45, 2.75) is 32.3 Å². The van der Waals surface area contributed by atoms with Crippen molar-refractivity contribution in [2.24, 2.45) is 0 Å². The monoisotopic (exact) mass is 406 g/mol. The zero-order valence-corrected chi connectivity index (χ0v) is 16.0. The van der Waals surface area contributed by atoms with E-state index in [1.165, 1.54) is 26.4 Å². The van der Waals surface area contributed by atoms with Gasteiger partial charge in [-0.3, -0.25) is 9.59 Å². The third-order valence-corrected chi connectivity index (χ3v) is 4.85. The van der Waals surface area contributed by atoms with Crippen molar-refractivity contribution in [3.8, 4) is 23.0 Å². The molecular weight excluding hydrogens is 386 g/mol. The molecule has 0 atom stereocenters. The lowest BCUT2D eigenvalue weighted by Gasteiger charge is -2.11. The first kappa shape index (κ1) is 20.6. The lowest BCUT2D eigenvalue weighted by atomic mass is 10.1. The van der Waals surface area contributed by atoms with E-state index in [2.05, 4.69) is 4.74 Å². The van der Waals surface area contributed by atoms with E-state index in [-0.39, 0.29) is 28.8 Å². The van der Waals surface area contributed by atoms with E-state index in [1.54, 1.807) is 12.1 Å². The van der Waals surface area contributed by atoms with Gasteiger partial charge in [0.2, 0.25) is 0 Å². The summed E-state index contributed by atoms with van der Waals surface area (Å²) >= 11 is 0. The highest BCUT2D eigenvalue weighted by molar-refractivity contribution is 6.01. The maximum Gasteiger partial charge on any atom is 0.387 e. The van der Waals surface area contributed by atoms with Crippen molar-refractivity contribution in [1.82, 2.24) is 0 Å². The number of ether oxygens (including phenoxy) is 3. The minimum atomic E-state index is -2.90. The van der Waals surface area contributed by atoms with Gasteiger partial charge in [0, 0.05) is 24.0 Å². The molecule has 2 aromatic carbocycles. The number of hydrogen-bond acceptors (Lipinski definition) is 6. The number of alkyl halides is 2. The van der Waals surface area contributed by atoms with Crippen LogP contribution in [-0.4, -0.2) is 37.5 Å². The zero-order valence-electron chi connectivity index (χ0n) is 16.0. The fraction of sp³-hybridized carbons (Fsp3) is 0.333. The van der Waals surface area contributed by atoms with E-state index in [9.17, 15) is 23.5 Å². The van der Waals surface area contributed by atoms with Crippen molar-refractivity contribution in [3.63, 3.8) is 0 Å². The Morgan fingerprint density at radius 1 is 0.793 bits per heavy atom. The first-order valence-electron chi connectivity index (χ1n) is 8.96. The van der Waals surface area contributed by atoms with Gasteiger partial charge in [0.25, 0.3) is 0 Å². The number of halogens is 2. The number of rotatable bonds is 4. The van der Waals surface area contributed by atoms with Crippen molar-refractivity contribution in [2.75, 3.05) is 14.2 Å². The van der Waals surface area contributed by atoms with Crippen LogP contribution < -0.4 is 14.2 Å². The number of phenolic OH excluding ortho intramolecular Hbond substituents is 1. The van der Waals surface area contributed by atoms with E-state index in [0.29, 0.717) is 36.1 Å². The van der Waals surface area contributed by atoms with Crippen LogP contribution in [0, 0.1) is 0 Å². The highest BCUT2D eigenvalue weighted by Gasteiger charge is 2.24. The van der Waals surface area contributed by atoms with Crippen LogP contribution in [-0.2, 0) is 12.8 Å². The first-order chi connectivity index (χ1) is 13.8. The lowest BCUT2D eigenvalue weighted by Crippen LogP contribution is -2.04. The Morgan fingerprint density at radius 2 is 1.31 bits per heavy atom. The molecular formula is C21H20F2O6. The fourth-order valence-corrected chi connectivity index (χ4v) is 3.42. The van der Waals surface area contributed by atoms with Crippen LogP contribution in [0.25, 0.3) is 0 Å². The predicted molar refractivity (Wildman–Crippen MR) is 99.6 cm³/mol. The Kier molecular flexibility index (Phi) is 6.00. The van der Waals surface area contributed by atoms with E-state index in [0.717, 1.165) is 17.5 Å². The number of carbonyl (C=O) groups is 2. The summed E-state index contributed by atoms with van der Waals surface area (Å²) in [5, 5.41) is 9.42. The van der Waals surface area contributed by atoms with Gasteiger partial charge in [0.05, 0.1) is 14.2 Å². The van der Waals surface area contributed by atoms with Crippen LogP contribution in [0.1, 0.15) is 44.7 Å². The van der Waals surface area contributed by atoms with Gasteiger partial charge in [0.15, 0.2) is 34.6 Å². The SMILES string of the molecule is COc1cc2c(cc1O)CCC2=O.COc1cc2c(cc1OC(F)F)CCC2=O. The second-order valence-electron chi connectivity index (χ2n) is 6.57. The van der Waals surface area contributed by atoms with Gasteiger partial charge in [-0.25, -0.2) is 0 Å². The minimum Gasteiger partial charge on any atom is -0.504 e. The molecule has 2 aliphatic carbocycles. The van der Waals surface area contributed by atoms with Crippen LogP contribution in [0.4, 0.5) is 8.78 Å². The van der Waals surface area contributed by atoms with E-state index >= 15 is 0 Å². The maximum absolute atomic E-state index is 12.1. The Hall–Kier alpha value is -3.16. The van der Waals surface area contributed by atoms with Gasteiger partial charge in [-0.15, -0.1) is 0 Å². The molecule has 154 valence electrons. The second-order valence-corrected chi connectivity index (χ2v) is 6.57. The molecule has 0 radical (unpaired) electrons. The predicted octanol–water partition coefficient (Wildman–Crippen LogP) is 3.96. The fourth-order valence-electron chi connectivity index (χ4n) is 3.42. The molecule has 0 fully saturated rings. The minimum absolute atomic E-state index is 0.0110. The summed E-state index contributed by atoms with van der Waals surface area (Å²) in [6.45, 7) is -2.90. The molecule has 0 spiro atoms. The normalized spacial score (nSPS) is 14.2. The van der Waals surface area contributed by atoms with E-state index in [4.69, 9.17) is 9.47 Å².